The average molecular weight is 292 g/mol. The maximum Gasteiger partial charge on any atom is 0.239 e. The van der Waals surface area contributed by atoms with Crippen LogP contribution in [0, 0.1) is 0 Å². The molecule has 0 spiro atoms. The van der Waals surface area contributed by atoms with Gasteiger partial charge in [0.25, 0.3) is 0 Å². The van der Waals surface area contributed by atoms with E-state index in [1.807, 2.05) is 31.9 Å². The fourth-order valence-corrected chi connectivity index (χ4v) is 3.25. The van der Waals surface area contributed by atoms with Crippen LogP contribution in [0.5, 0.6) is 0 Å². The van der Waals surface area contributed by atoms with E-state index in [1.165, 1.54) is 11.3 Å². The molecule has 21 heavy (non-hydrogen) atoms. The largest absolute Gasteiger partial charge is 0.342 e. The number of carbonyl (C=O) groups excluding carboxylic acids is 1. The third-order valence-corrected chi connectivity index (χ3v) is 4.46. The van der Waals surface area contributed by atoms with Crippen molar-refractivity contribution in [3.63, 3.8) is 0 Å². The number of hydrogen-bond donors (Lipinski definition) is 1. The van der Waals surface area contributed by atoms with Crippen molar-refractivity contribution in [1.29, 1.82) is 0 Å². The normalized spacial score (nSPS) is 19.1. The Morgan fingerprint density at radius 3 is 2.81 bits per heavy atom. The Labute approximate surface area is 127 Å². The molecule has 0 bridgehead atoms. The van der Waals surface area contributed by atoms with Gasteiger partial charge in [0.05, 0.1) is 12.2 Å². The van der Waals surface area contributed by atoms with Gasteiger partial charge in [-0.25, -0.2) is 0 Å². The summed E-state index contributed by atoms with van der Waals surface area (Å²) in [6, 6.07) is 0.106. The number of aromatic nitrogens is 2. The molecule has 0 aromatic carbocycles. The second kappa shape index (κ2) is 7.07. The fraction of sp³-hybridized carbons (Fsp3) is 0.750. The molecule has 2 rings (SSSR count). The second-order valence-electron chi connectivity index (χ2n) is 5.71. The number of aryl methyl sites for hydroxylation is 1. The molecule has 0 aliphatic heterocycles. The molecule has 1 aromatic rings. The fourth-order valence-electron chi connectivity index (χ4n) is 3.25. The summed E-state index contributed by atoms with van der Waals surface area (Å²) in [4.78, 5) is 14.3. The van der Waals surface area contributed by atoms with E-state index in [1.54, 1.807) is 0 Å². The quantitative estimate of drug-likeness (QED) is 0.874. The lowest BCUT2D eigenvalue weighted by Gasteiger charge is -2.29. The summed E-state index contributed by atoms with van der Waals surface area (Å²) >= 11 is 0. The van der Waals surface area contributed by atoms with E-state index in [4.69, 9.17) is 0 Å². The molecule has 0 saturated heterocycles. The van der Waals surface area contributed by atoms with Gasteiger partial charge in [-0.1, -0.05) is 0 Å². The highest BCUT2D eigenvalue weighted by molar-refractivity contribution is 5.81. The van der Waals surface area contributed by atoms with Gasteiger partial charge in [0.2, 0.25) is 5.91 Å². The Bertz CT molecular complexity index is 479. The maximum absolute atomic E-state index is 12.4. The minimum atomic E-state index is -0.147. The summed E-state index contributed by atoms with van der Waals surface area (Å²) in [5.41, 5.74) is 2.62. The molecule has 1 N–H and O–H groups in total. The summed E-state index contributed by atoms with van der Waals surface area (Å²) in [6.07, 6.45) is 5.31. The number of carbonyl (C=O) groups is 1. The lowest BCUT2D eigenvalue weighted by molar-refractivity contribution is -0.132. The van der Waals surface area contributed by atoms with Crippen LogP contribution in [0.3, 0.4) is 0 Å². The molecule has 1 heterocycles. The highest BCUT2D eigenvalue weighted by Crippen LogP contribution is 2.30. The zero-order valence-corrected chi connectivity index (χ0v) is 13.7. The van der Waals surface area contributed by atoms with E-state index in [-0.39, 0.29) is 18.0 Å². The van der Waals surface area contributed by atoms with Gasteiger partial charge in [-0.3, -0.25) is 14.8 Å². The van der Waals surface area contributed by atoms with Crippen LogP contribution in [0.4, 0.5) is 0 Å². The number of rotatable bonds is 6. The average Bonchev–Trinajstić information content (AvgIpc) is 2.92. The highest BCUT2D eigenvalue weighted by Gasteiger charge is 2.27. The van der Waals surface area contributed by atoms with E-state index in [9.17, 15) is 4.79 Å². The maximum atomic E-state index is 12.4. The molecule has 5 heteroatoms. The minimum absolute atomic E-state index is 0.147. The molecule has 2 atom stereocenters. The monoisotopic (exact) mass is 292 g/mol. The predicted molar refractivity (Wildman–Crippen MR) is 84.1 cm³/mol. The van der Waals surface area contributed by atoms with Gasteiger partial charge in [0.15, 0.2) is 0 Å². The molecule has 5 nitrogen and oxygen atoms in total. The van der Waals surface area contributed by atoms with E-state index in [2.05, 4.69) is 22.0 Å². The first-order valence-corrected chi connectivity index (χ1v) is 8.21. The zero-order valence-electron chi connectivity index (χ0n) is 13.7. The van der Waals surface area contributed by atoms with Gasteiger partial charge in [-0.05, 0) is 47.0 Å². The van der Waals surface area contributed by atoms with E-state index in [0.717, 1.165) is 38.9 Å². The van der Waals surface area contributed by atoms with Gasteiger partial charge in [-0.2, -0.15) is 5.10 Å². The van der Waals surface area contributed by atoms with Crippen molar-refractivity contribution >= 4 is 5.91 Å². The summed E-state index contributed by atoms with van der Waals surface area (Å²) in [5, 5.41) is 7.98. The van der Waals surface area contributed by atoms with Gasteiger partial charge < -0.3 is 4.90 Å². The number of nitrogens with one attached hydrogen (secondary N) is 1. The van der Waals surface area contributed by atoms with Crippen molar-refractivity contribution in [2.24, 2.45) is 0 Å². The third kappa shape index (κ3) is 3.28. The SMILES string of the molecule is CCN(CC)C(=O)[C@@H](C)N[C@@H]1CCCc2c1cnn2CC. The standard InChI is InChI=1S/C16H28N4O/c1-5-19(6-2)16(21)12(4)18-14-9-8-10-15-13(14)11-17-20(15)7-3/h11-12,14,18H,5-10H2,1-4H3/t12-,14-/m1/s1. The lowest BCUT2D eigenvalue weighted by Crippen LogP contribution is -2.46. The predicted octanol–water partition coefficient (Wildman–Crippen LogP) is 2.13. The van der Waals surface area contributed by atoms with Crippen molar-refractivity contribution < 1.29 is 4.79 Å². The Kier molecular flexibility index (Phi) is 5.39. The van der Waals surface area contributed by atoms with Crippen molar-refractivity contribution in [2.45, 2.75) is 65.6 Å². The molecule has 0 fully saturated rings. The van der Waals surface area contributed by atoms with E-state index in [0.29, 0.717) is 0 Å². The van der Waals surface area contributed by atoms with Crippen LogP contribution in [-0.4, -0.2) is 39.7 Å². The molecular weight excluding hydrogens is 264 g/mol. The Balaban J connectivity index is 2.07. The summed E-state index contributed by atoms with van der Waals surface area (Å²) in [7, 11) is 0. The number of likely N-dealkylation sites (N-methyl/N-ethyl adjacent to an activating group) is 1. The van der Waals surface area contributed by atoms with Crippen molar-refractivity contribution in [1.82, 2.24) is 20.0 Å². The van der Waals surface area contributed by atoms with Crippen LogP contribution in [0.1, 0.15) is 57.8 Å². The first kappa shape index (κ1) is 16.0. The highest BCUT2D eigenvalue weighted by atomic mass is 16.2. The van der Waals surface area contributed by atoms with Crippen molar-refractivity contribution in [2.75, 3.05) is 13.1 Å². The van der Waals surface area contributed by atoms with Gasteiger partial charge in [0.1, 0.15) is 0 Å². The molecule has 118 valence electrons. The van der Waals surface area contributed by atoms with E-state index < -0.39 is 0 Å². The Morgan fingerprint density at radius 1 is 1.48 bits per heavy atom. The molecule has 0 saturated carbocycles. The molecular formula is C16H28N4O. The number of hydrogen-bond acceptors (Lipinski definition) is 3. The molecule has 0 radical (unpaired) electrons. The lowest BCUT2D eigenvalue weighted by atomic mass is 9.92. The number of nitrogens with zero attached hydrogens (tertiary/aromatic N) is 3. The van der Waals surface area contributed by atoms with Gasteiger partial charge in [-0.15, -0.1) is 0 Å². The zero-order chi connectivity index (χ0) is 15.4. The van der Waals surface area contributed by atoms with Crippen molar-refractivity contribution in [3.8, 4) is 0 Å². The van der Waals surface area contributed by atoms with Gasteiger partial charge >= 0.3 is 0 Å². The number of fused-ring (bicyclic) bond motifs is 1. The van der Waals surface area contributed by atoms with Crippen LogP contribution >= 0.6 is 0 Å². The molecule has 1 amide bonds. The van der Waals surface area contributed by atoms with E-state index >= 15 is 0 Å². The Morgan fingerprint density at radius 2 is 2.19 bits per heavy atom. The first-order chi connectivity index (χ1) is 10.1. The van der Waals surface area contributed by atoms with Crippen LogP contribution in [0.2, 0.25) is 0 Å². The topological polar surface area (TPSA) is 50.2 Å². The Hall–Kier alpha value is -1.36. The third-order valence-electron chi connectivity index (χ3n) is 4.46. The van der Waals surface area contributed by atoms with Crippen molar-refractivity contribution in [3.05, 3.63) is 17.5 Å². The molecule has 0 unspecified atom stereocenters. The number of amides is 1. The summed E-state index contributed by atoms with van der Waals surface area (Å²) in [5.74, 6) is 0.190. The van der Waals surface area contributed by atoms with Gasteiger partial charge in [0, 0.05) is 36.9 Å². The molecule has 1 aliphatic rings. The summed E-state index contributed by atoms with van der Waals surface area (Å²) < 4.78 is 2.08. The first-order valence-electron chi connectivity index (χ1n) is 8.21. The van der Waals surface area contributed by atoms with Crippen LogP contribution < -0.4 is 5.32 Å². The molecule has 1 aromatic heterocycles. The minimum Gasteiger partial charge on any atom is -0.342 e. The van der Waals surface area contributed by atoms with Crippen LogP contribution in [-0.2, 0) is 17.8 Å². The summed E-state index contributed by atoms with van der Waals surface area (Å²) in [6.45, 7) is 10.6. The molecule has 1 aliphatic carbocycles. The smallest absolute Gasteiger partial charge is 0.239 e. The van der Waals surface area contributed by atoms with Crippen LogP contribution in [0.15, 0.2) is 6.20 Å². The van der Waals surface area contributed by atoms with Crippen LogP contribution in [0.25, 0.3) is 0 Å². The second-order valence-corrected chi connectivity index (χ2v) is 5.71.